The number of ether oxygens (including phenoxy) is 2. The number of anilines is 1. The Morgan fingerprint density at radius 3 is 2.35 bits per heavy atom. The molecule has 1 unspecified atom stereocenters. The molecule has 4 aromatic carbocycles. The van der Waals surface area contributed by atoms with E-state index in [2.05, 4.69) is 11.4 Å². The van der Waals surface area contributed by atoms with Crippen LogP contribution in [-0.2, 0) is 11.4 Å². The molecule has 0 aliphatic carbocycles. The molecule has 5 rings (SSSR count). The maximum atomic E-state index is 13.3. The van der Waals surface area contributed by atoms with Gasteiger partial charge in [0.05, 0.1) is 28.5 Å². The van der Waals surface area contributed by atoms with E-state index in [1.807, 2.05) is 84.9 Å². The third-order valence-corrected chi connectivity index (χ3v) is 8.30. The monoisotopic (exact) mass is 630 g/mol. The average Bonchev–Trinajstić information content (AvgIpc) is 3.08. The Labute approximate surface area is 271 Å². The Morgan fingerprint density at radius 1 is 0.978 bits per heavy atom. The number of pyridine rings is 1. The van der Waals surface area contributed by atoms with Crippen molar-refractivity contribution in [2.24, 2.45) is 0 Å². The summed E-state index contributed by atoms with van der Waals surface area (Å²) >= 11 is 1.16. The molecule has 230 valence electrons. The number of rotatable bonds is 11. The molecule has 1 atom stereocenters. The van der Waals surface area contributed by atoms with Gasteiger partial charge < -0.3 is 14.8 Å². The minimum absolute atomic E-state index is 0.0570. The van der Waals surface area contributed by atoms with Crippen molar-refractivity contribution in [2.75, 3.05) is 12.4 Å². The molecule has 0 aliphatic heterocycles. The highest BCUT2D eigenvalue weighted by molar-refractivity contribution is 8.00. The summed E-state index contributed by atoms with van der Waals surface area (Å²) in [6.45, 7) is 3.78. The number of aromatic nitrogens is 1. The predicted molar refractivity (Wildman–Crippen MR) is 179 cm³/mol. The number of methoxy groups -OCH3 is 1. The fourth-order valence-electron chi connectivity index (χ4n) is 4.75. The summed E-state index contributed by atoms with van der Waals surface area (Å²) in [7, 11) is 1.57. The first-order chi connectivity index (χ1) is 22.3. The van der Waals surface area contributed by atoms with Gasteiger partial charge in [0.2, 0.25) is 5.91 Å². The smallest absolute Gasteiger partial charge is 0.269 e. The molecule has 0 fully saturated rings. The lowest BCUT2D eigenvalue weighted by Gasteiger charge is -2.17. The molecule has 0 saturated heterocycles. The molecule has 46 heavy (non-hydrogen) atoms. The number of thioether (sulfide) groups is 1. The number of aryl methyl sites for hydroxylation is 1. The van der Waals surface area contributed by atoms with Gasteiger partial charge in [0, 0.05) is 28.9 Å². The van der Waals surface area contributed by atoms with E-state index in [-0.39, 0.29) is 11.6 Å². The maximum absolute atomic E-state index is 13.3. The molecule has 0 radical (unpaired) electrons. The van der Waals surface area contributed by atoms with Crippen LogP contribution in [0.15, 0.2) is 108 Å². The molecule has 1 aromatic heterocycles. The second kappa shape index (κ2) is 14.4. The third kappa shape index (κ3) is 7.34. The number of hydrogen-bond donors (Lipinski definition) is 1. The van der Waals surface area contributed by atoms with Gasteiger partial charge in [-0.3, -0.25) is 14.9 Å². The fourth-order valence-corrected chi connectivity index (χ4v) is 5.67. The molecule has 9 nitrogen and oxygen atoms in total. The number of hydrogen-bond acceptors (Lipinski definition) is 8. The van der Waals surface area contributed by atoms with E-state index in [0.29, 0.717) is 51.2 Å². The van der Waals surface area contributed by atoms with E-state index in [1.165, 1.54) is 18.2 Å². The topological polar surface area (TPSA) is 127 Å². The number of nitro groups is 1. The van der Waals surface area contributed by atoms with Crippen molar-refractivity contribution in [1.29, 1.82) is 5.26 Å². The minimum Gasteiger partial charge on any atom is -0.493 e. The highest BCUT2D eigenvalue weighted by atomic mass is 32.2. The SMILES string of the molecule is COc1cc(-c2cc(-c3ccccc3)nc(SC(C)C(=O)Nc3ccc([N+](=O)[O-])cc3C)c2C#N)ccc1OCc1ccccc1. The Kier molecular flexibility index (Phi) is 9.95. The number of nitriles is 1. The van der Waals surface area contributed by atoms with Crippen molar-refractivity contribution >= 4 is 29.0 Å². The summed E-state index contributed by atoms with van der Waals surface area (Å²) < 4.78 is 11.7. The second-order valence-electron chi connectivity index (χ2n) is 10.4. The summed E-state index contributed by atoms with van der Waals surface area (Å²) in [4.78, 5) is 28.7. The van der Waals surface area contributed by atoms with Crippen molar-refractivity contribution in [2.45, 2.75) is 30.7 Å². The zero-order valence-corrected chi connectivity index (χ0v) is 26.2. The van der Waals surface area contributed by atoms with E-state index in [0.717, 1.165) is 28.5 Å². The van der Waals surface area contributed by atoms with Crippen LogP contribution in [0.5, 0.6) is 11.5 Å². The molecule has 1 amide bonds. The lowest BCUT2D eigenvalue weighted by atomic mass is 9.99. The Hall–Kier alpha value is -5.66. The summed E-state index contributed by atoms with van der Waals surface area (Å²) in [5, 5.41) is 24.1. The maximum Gasteiger partial charge on any atom is 0.269 e. The summed E-state index contributed by atoms with van der Waals surface area (Å²) in [5.41, 5.74) is 5.15. The number of carbonyl (C=O) groups excluding carboxylic acids is 1. The summed E-state index contributed by atoms with van der Waals surface area (Å²) in [5.74, 6) is 0.740. The Morgan fingerprint density at radius 2 is 1.70 bits per heavy atom. The summed E-state index contributed by atoms with van der Waals surface area (Å²) in [6.07, 6.45) is 0. The molecule has 0 aliphatic rings. The van der Waals surface area contributed by atoms with Gasteiger partial charge in [-0.15, -0.1) is 0 Å². The van der Waals surface area contributed by atoms with Crippen LogP contribution in [0.3, 0.4) is 0 Å². The standard InChI is InChI=1S/C36H30N4O5S/c1-23-18-28(40(42)43)15-16-31(23)38-35(41)24(2)46-36-30(21-37)29(20-32(39-36)26-12-8-5-9-13-26)27-14-17-33(34(19-27)44-3)45-22-25-10-6-4-7-11-25/h4-20,24H,22H2,1-3H3,(H,38,41). The average molecular weight is 631 g/mol. The molecule has 1 heterocycles. The van der Waals surface area contributed by atoms with Crippen molar-refractivity contribution in [3.8, 4) is 40.0 Å². The lowest BCUT2D eigenvalue weighted by Crippen LogP contribution is -2.23. The molecule has 0 spiro atoms. The highest BCUT2D eigenvalue weighted by Crippen LogP contribution is 2.39. The van der Waals surface area contributed by atoms with Crippen molar-refractivity contribution in [1.82, 2.24) is 4.98 Å². The third-order valence-electron chi connectivity index (χ3n) is 7.22. The van der Waals surface area contributed by atoms with Crippen molar-refractivity contribution < 1.29 is 19.2 Å². The molecule has 10 heteroatoms. The fraction of sp³-hybridized carbons (Fsp3) is 0.139. The molecular weight excluding hydrogens is 600 g/mol. The zero-order chi connectivity index (χ0) is 32.6. The number of nitrogens with one attached hydrogen (secondary N) is 1. The van der Waals surface area contributed by atoms with Crippen LogP contribution in [0.4, 0.5) is 11.4 Å². The second-order valence-corrected chi connectivity index (χ2v) is 11.7. The molecular formula is C36H30N4O5S. The van der Waals surface area contributed by atoms with Gasteiger partial charge in [-0.05, 0) is 54.8 Å². The van der Waals surface area contributed by atoms with Crippen LogP contribution >= 0.6 is 11.8 Å². The first kappa shape index (κ1) is 31.8. The number of carbonyl (C=O) groups is 1. The first-order valence-electron chi connectivity index (χ1n) is 14.4. The normalized spacial score (nSPS) is 11.3. The Bertz CT molecular complexity index is 1930. The van der Waals surface area contributed by atoms with Crippen LogP contribution in [-0.4, -0.2) is 28.2 Å². The molecule has 0 saturated carbocycles. The number of nitro benzene ring substituents is 1. The van der Waals surface area contributed by atoms with Gasteiger partial charge in [0.15, 0.2) is 11.5 Å². The van der Waals surface area contributed by atoms with Crippen LogP contribution in [0.2, 0.25) is 0 Å². The van der Waals surface area contributed by atoms with Gasteiger partial charge in [-0.25, -0.2) is 4.98 Å². The van der Waals surface area contributed by atoms with Gasteiger partial charge in [0.1, 0.15) is 17.7 Å². The van der Waals surface area contributed by atoms with Gasteiger partial charge in [-0.1, -0.05) is 78.5 Å². The Balaban J connectivity index is 1.48. The van der Waals surface area contributed by atoms with Crippen LogP contribution in [0.25, 0.3) is 22.4 Å². The lowest BCUT2D eigenvalue weighted by molar-refractivity contribution is -0.384. The van der Waals surface area contributed by atoms with Crippen LogP contribution < -0.4 is 14.8 Å². The van der Waals surface area contributed by atoms with E-state index in [9.17, 15) is 20.2 Å². The quantitative estimate of drug-likeness (QED) is 0.0879. The number of non-ortho nitro benzene ring substituents is 1. The van der Waals surface area contributed by atoms with E-state index in [1.54, 1.807) is 21.0 Å². The van der Waals surface area contributed by atoms with E-state index >= 15 is 0 Å². The first-order valence-corrected chi connectivity index (χ1v) is 15.2. The van der Waals surface area contributed by atoms with Crippen LogP contribution in [0, 0.1) is 28.4 Å². The van der Waals surface area contributed by atoms with Gasteiger partial charge in [0.25, 0.3) is 5.69 Å². The number of amides is 1. The number of nitrogens with zero attached hydrogens (tertiary/aromatic N) is 3. The zero-order valence-electron chi connectivity index (χ0n) is 25.4. The number of benzene rings is 4. The molecule has 1 N–H and O–H groups in total. The van der Waals surface area contributed by atoms with Gasteiger partial charge >= 0.3 is 0 Å². The largest absolute Gasteiger partial charge is 0.493 e. The minimum atomic E-state index is -0.656. The summed E-state index contributed by atoms with van der Waals surface area (Å²) in [6, 6.07) is 33.4. The molecule has 5 aromatic rings. The molecule has 0 bridgehead atoms. The van der Waals surface area contributed by atoms with Crippen molar-refractivity contribution in [3.05, 3.63) is 130 Å². The van der Waals surface area contributed by atoms with Crippen molar-refractivity contribution in [3.63, 3.8) is 0 Å². The van der Waals surface area contributed by atoms with Crippen LogP contribution in [0.1, 0.15) is 23.6 Å². The van der Waals surface area contributed by atoms with Gasteiger partial charge in [-0.2, -0.15) is 5.26 Å². The van der Waals surface area contributed by atoms with E-state index < -0.39 is 10.2 Å². The van der Waals surface area contributed by atoms with E-state index in [4.69, 9.17) is 14.5 Å². The highest BCUT2D eigenvalue weighted by Gasteiger charge is 2.23. The predicted octanol–water partition coefficient (Wildman–Crippen LogP) is 8.21.